The van der Waals surface area contributed by atoms with Crippen molar-refractivity contribution in [2.75, 3.05) is 5.32 Å². The second-order valence-corrected chi connectivity index (χ2v) is 4.74. The molecule has 0 aliphatic carbocycles. The first-order valence-corrected chi connectivity index (χ1v) is 5.33. The van der Waals surface area contributed by atoms with Crippen LogP contribution in [0.4, 0.5) is 14.9 Å². The van der Waals surface area contributed by atoms with E-state index in [9.17, 15) is 9.18 Å². The first-order valence-electron chi connectivity index (χ1n) is 5.33. The smallest absolute Gasteiger partial charge is 0.412 e. The molecule has 98 valence electrons. The Balaban J connectivity index is 2.83. The van der Waals surface area contributed by atoms with Gasteiger partial charge >= 0.3 is 6.09 Å². The molecule has 0 unspecified atom stereocenters. The zero-order valence-corrected chi connectivity index (χ0v) is 10.5. The van der Waals surface area contributed by atoms with E-state index >= 15 is 0 Å². The summed E-state index contributed by atoms with van der Waals surface area (Å²) in [6.07, 6.45) is -0.649. The lowest BCUT2D eigenvalue weighted by atomic mass is 10.1. The minimum Gasteiger partial charge on any atom is -0.444 e. The SMILES string of the molecule is CC(C)(C)OC(=O)Nc1ccc(F)c(C(=N)N)c1. The third kappa shape index (κ3) is 4.04. The predicted molar refractivity (Wildman–Crippen MR) is 67.3 cm³/mol. The number of amides is 1. The van der Waals surface area contributed by atoms with Crippen LogP contribution in [0.3, 0.4) is 0 Å². The molecule has 0 saturated heterocycles. The topological polar surface area (TPSA) is 88.2 Å². The number of rotatable bonds is 2. The van der Waals surface area contributed by atoms with E-state index in [1.54, 1.807) is 20.8 Å². The molecule has 0 saturated carbocycles. The molecule has 6 heteroatoms. The largest absolute Gasteiger partial charge is 0.444 e. The van der Waals surface area contributed by atoms with Crippen molar-refractivity contribution < 1.29 is 13.9 Å². The number of hydrogen-bond donors (Lipinski definition) is 3. The lowest BCUT2D eigenvalue weighted by Crippen LogP contribution is -2.27. The summed E-state index contributed by atoms with van der Waals surface area (Å²) in [6.45, 7) is 5.20. The first kappa shape index (κ1) is 14.0. The number of nitrogens with two attached hydrogens (primary N) is 1. The highest BCUT2D eigenvalue weighted by Crippen LogP contribution is 2.16. The van der Waals surface area contributed by atoms with Gasteiger partial charge < -0.3 is 10.5 Å². The van der Waals surface area contributed by atoms with E-state index < -0.39 is 23.3 Å². The van der Waals surface area contributed by atoms with Gasteiger partial charge in [0.15, 0.2) is 0 Å². The Hall–Kier alpha value is -2.11. The van der Waals surface area contributed by atoms with Crippen molar-refractivity contribution in [3.8, 4) is 0 Å². The van der Waals surface area contributed by atoms with Crippen LogP contribution in [-0.2, 0) is 4.74 Å². The number of halogens is 1. The highest BCUT2D eigenvalue weighted by Gasteiger charge is 2.16. The summed E-state index contributed by atoms with van der Waals surface area (Å²) in [7, 11) is 0. The fraction of sp³-hybridized carbons (Fsp3) is 0.333. The minimum atomic E-state index is -0.649. The summed E-state index contributed by atoms with van der Waals surface area (Å²) < 4.78 is 18.3. The molecule has 0 radical (unpaired) electrons. The highest BCUT2D eigenvalue weighted by molar-refractivity contribution is 5.97. The van der Waals surface area contributed by atoms with Crippen molar-refractivity contribution in [1.29, 1.82) is 5.41 Å². The molecule has 4 N–H and O–H groups in total. The lowest BCUT2D eigenvalue weighted by Gasteiger charge is -2.19. The van der Waals surface area contributed by atoms with Crippen LogP contribution in [0, 0.1) is 11.2 Å². The van der Waals surface area contributed by atoms with Gasteiger partial charge in [0.1, 0.15) is 17.3 Å². The average Bonchev–Trinajstić information content (AvgIpc) is 2.17. The third-order valence-electron chi connectivity index (χ3n) is 1.90. The summed E-state index contributed by atoms with van der Waals surface area (Å²) in [6, 6.07) is 3.77. The molecule has 18 heavy (non-hydrogen) atoms. The summed E-state index contributed by atoms with van der Waals surface area (Å²) in [5, 5.41) is 9.63. The van der Waals surface area contributed by atoms with Crippen molar-refractivity contribution in [1.82, 2.24) is 0 Å². The number of amidine groups is 1. The first-order chi connectivity index (χ1) is 8.19. The van der Waals surface area contributed by atoms with Gasteiger partial charge in [0.2, 0.25) is 0 Å². The second kappa shape index (κ2) is 5.03. The Morgan fingerprint density at radius 3 is 2.56 bits per heavy atom. The van der Waals surface area contributed by atoms with Crippen LogP contribution in [0.25, 0.3) is 0 Å². The molecular weight excluding hydrogens is 237 g/mol. The monoisotopic (exact) mass is 253 g/mol. The standard InChI is InChI=1S/C12H16FN3O2/c1-12(2,3)18-11(17)16-7-4-5-9(13)8(6-7)10(14)15/h4-6H,1-3H3,(H3,14,15)(H,16,17). The van der Waals surface area contributed by atoms with Gasteiger partial charge in [-0.3, -0.25) is 10.7 Å². The molecule has 1 rings (SSSR count). The Kier molecular flexibility index (Phi) is 3.90. The number of nitrogen functional groups attached to an aromatic ring is 1. The summed E-state index contributed by atoms with van der Waals surface area (Å²) in [5.74, 6) is -1.02. The van der Waals surface area contributed by atoms with Gasteiger partial charge in [-0.05, 0) is 39.0 Å². The van der Waals surface area contributed by atoms with E-state index in [0.717, 1.165) is 6.07 Å². The number of carbonyl (C=O) groups is 1. The zero-order chi connectivity index (χ0) is 13.9. The van der Waals surface area contributed by atoms with Crippen LogP contribution in [0.2, 0.25) is 0 Å². The van der Waals surface area contributed by atoms with Gasteiger partial charge in [0.25, 0.3) is 0 Å². The minimum absolute atomic E-state index is 0.0661. The molecule has 0 atom stereocenters. The molecule has 0 fully saturated rings. The average molecular weight is 253 g/mol. The van der Waals surface area contributed by atoms with E-state index in [4.69, 9.17) is 15.9 Å². The molecule has 0 bridgehead atoms. The number of hydrogen-bond acceptors (Lipinski definition) is 3. The molecule has 0 aliphatic rings. The maximum Gasteiger partial charge on any atom is 0.412 e. The van der Waals surface area contributed by atoms with Gasteiger partial charge in [-0.15, -0.1) is 0 Å². The van der Waals surface area contributed by atoms with Gasteiger partial charge in [-0.2, -0.15) is 0 Å². The number of anilines is 1. The normalized spacial score (nSPS) is 10.9. The van der Waals surface area contributed by atoms with Gasteiger partial charge in [-0.1, -0.05) is 0 Å². The van der Waals surface area contributed by atoms with Gasteiger partial charge in [0, 0.05) is 5.69 Å². The second-order valence-electron chi connectivity index (χ2n) is 4.74. The van der Waals surface area contributed by atoms with Crippen LogP contribution in [0.1, 0.15) is 26.3 Å². The van der Waals surface area contributed by atoms with Crippen molar-refractivity contribution in [2.24, 2.45) is 5.73 Å². The van der Waals surface area contributed by atoms with E-state index in [1.807, 2.05) is 0 Å². The van der Waals surface area contributed by atoms with Gasteiger partial charge in [-0.25, -0.2) is 9.18 Å². The summed E-state index contributed by atoms with van der Waals surface area (Å²) in [5.41, 5.74) is 4.85. The fourth-order valence-corrected chi connectivity index (χ4v) is 1.23. The number of benzene rings is 1. The lowest BCUT2D eigenvalue weighted by molar-refractivity contribution is 0.0636. The zero-order valence-electron chi connectivity index (χ0n) is 10.5. The van der Waals surface area contributed by atoms with Crippen LogP contribution < -0.4 is 11.1 Å². The van der Waals surface area contributed by atoms with Crippen LogP contribution in [-0.4, -0.2) is 17.5 Å². The van der Waals surface area contributed by atoms with E-state index in [1.165, 1.54) is 12.1 Å². The summed E-state index contributed by atoms with van der Waals surface area (Å²) in [4.78, 5) is 11.5. The molecule has 1 aromatic rings. The quantitative estimate of drug-likeness (QED) is 0.558. The molecule has 0 aliphatic heterocycles. The Bertz CT molecular complexity index is 481. The molecule has 1 amide bonds. The summed E-state index contributed by atoms with van der Waals surface area (Å²) >= 11 is 0. The van der Waals surface area contributed by atoms with Crippen molar-refractivity contribution in [3.63, 3.8) is 0 Å². The van der Waals surface area contributed by atoms with E-state index in [0.29, 0.717) is 5.69 Å². The Labute approximate surface area is 105 Å². The van der Waals surface area contributed by atoms with E-state index in [-0.39, 0.29) is 5.56 Å². The molecule has 0 spiro atoms. The van der Waals surface area contributed by atoms with Crippen molar-refractivity contribution >= 4 is 17.6 Å². The number of carbonyl (C=O) groups excluding carboxylic acids is 1. The highest BCUT2D eigenvalue weighted by atomic mass is 19.1. The van der Waals surface area contributed by atoms with Gasteiger partial charge in [0.05, 0.1) is 5.56 Å². The molecule has 5 nitrogen and oxygen atoms in total. The Morgan fingerprint density at radius 1 is 1.44 bits per heavy atom. The predicted octanol–water partition coefficient (Wildman–Crippen LogP) is 2.46. The van der Waals surface area contributed by atoms with Crippen LogP contribution >= 0.6 is 0 Å². The van der Waals surface area contributed by atoms with E-state index in [2.05, 4.69) is 5.32 Å². The third-order valence-corrected chi connectivity index (χ3v) is 1.90. The number of nitrogens with one attached hydrogen (secondary N) is 2. The molecule has 0 aromatic heterocycles. The van der Waals surface area contributed by atoms with Crippen LogP contribution in [0.5, 0.6) is 0 Å². The number of ether oxygens (including phenoxy) is 1. The molecule has 0 heterocycles. The maximum absolute atomic E-state index is 13.3. The maximum atomic E-state index is 13.3. The Morgan fingerprint density at radius 2 is 2.06 bits per heavy atom. The van der Waals surface area contributed by atoms with Crippen molar-refractivity contribution in [3.05, 3.63) is 29.6 Å². The molecule has 1 aromatic carbocycles. The fourth-order valence-electron chi connectivity index (χ4n) is 1.23. The molecular formula is C12H16FN3O2. The van der Waals surface area contributed by atoms with Crippen molar-refractivity contribution in [2.45, 2.75) is 26.4 Å². The van der Waals surface area contributed by atoms with Crippen LogP contribution in [0.15, 0.2) is 18.2 Å².